The Labute approximate surface area is 97.5 Å². The number of hydrogen-bond donors (Lipinski definition) is 1. The molecule has 0 saturated carbocycles. The second-order valence-corrected chi connectivity index (χ2v) is 3.54. The lowest BCUT2D eigenvalue weighted by atomic mass is 10.3. The van der Waals surface area contributed by atoms with Gasteiger partial charge < -0.3 is 10.5 Å². The third-order valence-corrected chi connectivity index (χ3v) is 2.36. The summed E-state index contributed by atoms with van der Waals surface area (Å²) in [6.45, 7) is 0. The van der Waals surface area contributed by atoms with Gasteiger partial charge in [0.25, 0.3) is 0 Å². The van der Waals surface area contributed by atoms with Gasteiger partial charge in [0.05, 0.1) is 5.69 Å². The molecule has 17 heavy (non-hydrogen) atoms. The second-order valence-electron chi connectivity index (χ2n) is 3.54. The van der Waals surface area contributed by atoms with Crippen LogP contribution in [0.3, 0.4) is 0 Å². The molecular formula is C12H10N4O. The predicted octanol–water partition coefficient (Wildman–Crippen LogP) is 2.10. The van der Waals surface area contributed by atoms with Crippen LogP contribution in [0.25, 0.3) is 5.65 Å². The highest BCUT2D eigenvalue weighted by molar-refractivity contribution is 5.53. The summed E-state index contributed by atoms with van der Waals surface area (Å²) in [5.41, 5.74) is 7.15. The van der Waals surface area contributed by atoms with Crippen LogP contribution in [0.15, 0.2) is 48.8 Å². The SMILES string of the molecule is Nc1ccccc1Oc1ccc2nccn2n1. The first-order valence-electron chi connectivity index (χ1n) is 5.16. The van der Waals surface area contributed by atoms with E-state index in [4.69, 9.17) is 10.5 Å². The Kier molecular flexibility index (Phi) is 2.15. The molecule has 3 rings (SSSR count). The maximum atomic E-state index is 5.79. The van der Waals surface area contributed by atoms with Gasteiger partial charge in [0, 0.05) is 18.5 Å². The number of anilines is 1. The number of fused-ring (bicyclic) bond motifs is 1. The largest absolute Gasteiger partial charge is 0.435 e. The number of ether oxygens (including phenoxy) is 1. The second kappa shape index (κ2) is 3.79. The van der Waals surface area contributed by atoms with E-state index >= 15 is 0 Å². The van der Waals surface area contributed by atoms with Crippen LogP contribution in [-0.2, 0) is 0 Å². The number of para-hydroxylation sites is 2. The van der Waals surface area contributed by atoms with E-state index in [0.717, 1.165) is 5.65 Å². The molecule has 2 heterocycles. The van der Waals surface area contributed by atoms with Gasteiger partial charge in [0.2, 0.25) is 5.88 Å². The number of imidazole rings is 1. The molecule has 0 unspecified atom stereocenters. The van der Waals surface area contributed by atoms with Crippen molar-refractivity contribution in [1.82, 2.24) is 14.6 Å². The number of aromatic nitrogens is 3. The van der Waals surface area contributed by atoms with E-state index in [9.17, 15) is 0 Å². The molecule has 2 N–H and O–H groups in total. The van der Waals surface area contributed by atoms with Crippen molar-refractivity contribution in [3.63, 3.8) is 0 Å². The average Bonchev–Trinajstić information content (AvgIpc) is 2.79. The highest BCUT2D eigenvalue weighted by atomic mass is 16.5. The third kappa shape index (κ3) is 1.78. The van der Waals surface area contributed by atoms with Crippen molar-refractivity contribution in [2.45, 2.75) is 0 Å². The van der Waals surface area contributed by atoms with Crippen molar-refractivity contribution in [2.75, 3.05) is 5.73 Å². The van der Waals surface area contributed by atoms with E-state index in [1.165, 1.54) is 0 Å². The van der Waals surface area contributed by atoms with Gasteiger partial charge in [-0.25, -0.2) is 9.50 Å². The topological polar surface area (TPSA) is 65.4 Å². The van der Waals surface area contributed by atoms with Crippen LogP contribution in [0.2, 0.25) is 0 Å². The standard InChI is InChI=1S/C12H10N4O/c13-9-3-1-2-4-10(9)17-12-6-5-11-14-7-8-16(11)15-12/h1-8H,13H2. The quantitative estimate of drug-likeness (QED) is 0.679. The lowest BCUT2D eigenvalue weighted by Crippen LogP contribution is -1.96. The fraction of sp³-hybridized carbons (Fsp3) is 0. The predicted molar refractivity (Wildman–Crippen MR) is 63.9 cm³/mol. The Balaban J connectivity index is 1.97. The molecule has 0 radical (unpaired) electrons. The summed E-state index contributed by atoms with van der Waals surface area (Å²) in [5, 5.41) is 4.25. The molecule has 0 bridgehead atoms. The molecule has 0 aliphatic carbocycles. The average molecular weight is 226 g/mol. The van der Waals surface area contributed by atoms with E-state index in [2.05, 4.69) is 10.1 Å². The molecule has 0 aliphatic heterocycles. The van der Waals surface area contributed by atoms with Crippen LogP contribution < -0.4 is 10.5 Å². The Morgan fingerprint density at radius 3 is 2.88 bits per heavy atom. The summed E-state index contributed by atoms with van der Waals surface area (Å²) < 4.78 is 7.25. The van der Waals surface area contributed by atoms with Gasteiger partial charge in [-0.05, 0) is 18.2 Å². The van der Waals surface area contributed by atoms with Crippen molar-refractivity contribution in [3.05, 3.63) is 48.8 Å². The van der Waals surface area contributed by atoms with Gasteiger partial charge >= 0.3 is 0 Å². The minimum Gasteiger partial charge on any atom is -0.435 e. The van der Waals surface area contributed by atoms with Crippen LogP contribution in [0.4, 0.5) is 5.69 Å². The van der Waals surface area contributed by atoms with Crippen LogP contribution in [-0.4, -0.2) is 14.6 Å². The molecule has 0 fully saturated rings. The molecule has 0 spiro atoms. The first-order chi connectivity index (χ1) is 8.33. The Morgan fingerprint density at radius 1 is 1.12 bits per heavy atom. The zero-order chi connectivity index (χ0) is 11.7. The summed E-state index contributed by atoms with van der Waals surface area (Å²) in [6, 6.07) is 10.9. The molecule has 1 aromatic carbocycles. The lowest BCUT2D eigenvalue weighted by molar-refractivity contribution is 0.454. The first kappa shape index (κ1) is 9.65. The fourth-order valence-electron chi connectivity index (χ4n) is 1.54. The number of nitrogens with zero attached hydrogens (tertiary/aromatic N) is 3. The van der Waals surface area contributed by atoms with Gasteiger partial charge in [-0.3, -0.25) is 0 Å². The number of rotatable bonds is 2. The summed E-state index contributed by atoms with van der Waals surface area (Å²) >= 11 is 0. The van der Waals surface area contributed by atoms with Crippen molar-refractivity contribution in [2.24, 2.45) is 0 Å². The molecule has 0 saturated heterocycles. The molecule has 2 aromatic heterocycles. The van der Waals surface area contributed by atoms with E-state index < -0.39 is 0 Å². The summed E-state index contributed by atoms with van der Waals surface area (Å²) in [7, 11) is 0. The van der Waals surface area contributed by atoms with Gasteiger partial charge in [-0.15, -0.1) is 5.10 Å². The fourth-order valence-corrected chi connectivity index (χ4v) is 1.54. The van der Waals surface area contributed by atoms with Crippen LogP contribution in [0.5, 0.6) is 11.6 Å². The minimum atomic E-state index is 0.480. The number of nitrogens with two attached hydrogens (primary N) is 1. The van der Waals surface area contributed by atoms with Crippen molar-refractivity contribution < 1.29 is 4.74 Å². The maximum absolute atomic E-state index is 5.79. The Bertz CT molecular complexity index is 662. The van der Waals surface area contributed by atoms with Gasteiger partial charge in [0.1, 0.15) is 0 Å². The maximum Gasteiger partial charge on any atom is 0.237 e. The Hall–Kier alpha value is -2.56. The van der Waals surface area contributed by atoms with E-state index in [1.54, 1.807) is 35.1 Å². The summed E-state index contributed by atoms with van der Waals surface area (Å²) in [6.07, 6.45) is 3.44. The number of nitrogen functional groups attached to an aromatic ring is 1. The zero-order valence-electron chi connectivity index (χ0n) is 8.95. The molecule has 0 aliphatic rings. The van der Waals surface area contributed by atoms with Crippen LogP contribution >= 0.6 is 0 Å². The van der Waals surface area contributed by atoms with E-state index in [0.29, 0.717) is 17.3 Å². The molecule has 5 heteroatoms. The molecule has 0 atom stereocenters. The zero-order valence-corrected chi connectivity index (χ0v) is 8.95. The third-order valence-electron chi connectivity index (χ3n) is 2.36. The minimum absolute atomic E-state index is 0.480. The highest BCUT2D eigenvalue weighted by Crippen LogP contribution is 2.25. The number of hydrogen-bond acceptors (Lipinski definition) is 4. The monoisotopic (exact) mass is 226 g/mol. The number of benzene rings is 1. The normalized spacial score (nSPS) is 10.6. The first-order valence-corrected chi connectivity index (χ1v) is 5.16. The van der Waals surface area contributed by atoms with Crippen molar-refractivity contribution in [1.29, 1.82) is 0 Å². The van der Waals surface area contributed by atoms with Crippen molar-refractivity contribution in [3.8, 4) is 11.6 Å². The van der Waals surface area contributed by atoms with E-state index in [-0.39, 0.29) is 0 Å². The summed E-state index contributed by atoms with van der Waals surface area (Å²) in [4.78, 5) is 4.10. The van der Waals surface area contributed by atoms with Crippen LogP contribution in [0, 0.1) is 0 Å². The van der Waals surface area contributed by atoms with E-state index in [1.807, 2.05) is 18.2 Å². The molecule has 5 nitrogen and oxygen atoms in total. The van der Waals surface area contributed by atoms with Crippen molar-refractivity contribution >= 4 is 11.3 Å². The molecule has 84 valence electrons. The van der Waals surface area contributed by atoms with Crippen LogP contribution in [0.1, 0.15) is 0 Å². The Morgan fingerprint density at radius 2 is 2.00 bits per heavy atom. The molecule has 3 aromatic rings. The lowest BCUT2D eigenvalue weighted by Gasteiger charge is -2.06. The molecule has 0 amide bonds. The van der Waals surface area contributed by atoms with Gasteiger partial charge in [-0.1, -0.05) is 12.1 Å². The summed E-state index contributed by atoms with van der Waals surface area (Å²) in [5.74, 6) is 1.08. The highest BCUT2D eigenvalue weighted by Gasteiger charge is 2.03. The van der Waals surface area contributed by atoms with Gasteiger partial charge in [0.15, 0.2) is 11.4 Å². The smallest absolute Gasteiger partial charge is 0.237 e. The van der Waals surface area contributed by atoms with Gasteiger partial charge in [-0.2, -0.15) is 0 Å². The molecular weight excluding hydrogens is 216 g/mol.